The lowest BCUT2D eigenvalue weighted by molar-refractivity contribution is 0.470. The molecule has 1 unspecified atom stereocenters. The van der Waals surface area contributed by atoms with Crippen molar-refractivity contribution in [2.24, 2.45) is 0 Å². The smallest absolute Gasteiger partial charge is 0.0760 e. The third kappa shape index (κ3) is 3.30. The Morgan fingerprint density at radius 3 is 2.55 bits per heavy atom. The number of hydrogen-bond acceptors (Lipinski definition) is 2. The van der Waals surface area contributed by atoms with E-state index in [2.05, 4.69) is 82.1 Å². The van der Waals surface area contributed by atoms with E-state index in [1.54, 1.807) is 0 Å². The third-order valence-corrected chi connectivity index (χ3v) is 3.89. The molecule has 0 radical (unpaired) electrons. The van der Waals surface area contributed by atoms with Crippen molar-refractivity contribution >= 4 is 15.9 Å². The molecular formula is C16H22BrN3. The summed E-state index contributed by atoms with van der Waals surface area (Å²) < 4.78 is 3.15. The Morgan fingerprint density at radius 1 is 1.25 bits per heavy atom. The molecule has 1 N–H and O–H groups in total. The molecule has 0 spiro atoms. The number of rotatable bonds is 6. The van der Waals surface area contributed by atoms with Crippen LogP contribution >= 0.6 is 15.9 Å². The van der Waals surface area contributed by atoms with Crippen LogP contribution in [0.4, 0.5) is 0 Å². The van der Waals surface area contributed by atoms with Crippen molar-refractivity contribution in [2.45, 2.75) is 39.3 Å². The molecule has 0 aliphatic rings. The second-order valence-corrected chi connectivity index (χ2v) is 6.07. The minimum Gasteiger partial charge on any atom is -0.305 e. The van der Waals surface area contributed by atoms with Gasteiger partial charge in [-0.1, -0.05) is 37.3 Å². The van der Waals surface area contributed by atoms with Gasteiger partial charge in [-0.15, -0.1) is 0 Å². The first kappa shape index (κ1) is 15.3. The van der Waals surface area contributed by atoms with Gasteiger partial charge in [0, 0.05) is 6.04 Å². The second kappa shape index (κ2) is 7.04. The topological polar surface area (TPSA) is 29.9 Å². The van der Waals surface area contributed by atoms with E-state index in [9.17, 15) is 0 Å². The standard InChI is InChI=1S/C16H22BrN3/c1-4-10-18-15(13-8-6-5-7-9-13)16-14(17)11-19-20(16)12(2)3/h5-9,11-12,15,18H,4,10H2,1-3H3. The van der Waals surface area contributed by atoms with E-state index in [1.807, 2.05) is 6.20 Å². The van der Waals surface area contributed by atoms with Gasteiger partial charge in [0.05, 0.1) is 22.4 Å². The summed E-state index contributed by atoms with van der Waals surface area (Å²) >= 11 is 3.65. The van der Waals surface area contributed by atoms with E-state index >= 15 is 0 Å². The Labute approximate surface area is 129 Å². The van der Waals surface area contributed by atoms with Crippen molar-refractivity contribution in [3.63, 3.8) is 0 Å². The normalized spacial score (nSPS) is 12.8. The van der Waals surface area contributed by atoms with E-state index in [0.717, 1.165) is 17.4 Å². The quantitative estimate of drug-likeness (QED) is 0.852. The van der Waals surface area contributed by atoms with Crippen LogP contribution in [0.15, 0.2) is 41.0 Å². The third-order valence-electron chi connectivity index (χ3n) is 3.28. The Hall–Kier alpha value is -1.13. The molecule has 20 heavy (non-hydrogen) atoms. The van der Waals surface area contributed by atoms with Crippen molar-refractivity contribution in [1.82, 2.24) is 15.1 Å². The van der Waals surface area contributed by atoms with Crippen LogP contribution in [0.2, 0.25) is 0 Å². The molecular weight excluding hydrogens is 314 g/mol. The van der Waals surface area contributed by atoms with Gasteiger partial charge in [0.2, 0.25) is 0 Å². The maximum absolute atomic E-state index is 4.50. The van der Waals surface area contributed by atoms with Gasteiger partial charge in [-0.05, 0) is 48.3 Å². The van der Waals surface area contributed by atoms with Gasteiger partial charge in [0.15, 0.2) is 0 Å². The lowest BCUT2D eigenvalue weighted by atomic mass is 10.0. The Morgan fingerprint density at radius 2 is 1.95 bits per heavy atom. The number of halogens is 1. The highest BCUT2D eigenvalue weighted by atomic mass is 79.9. The van der Waals surface area contributed by atoms with Gasteiger partial charge >= 0.3 is 0 Å². The van der Waals surface area contributed by atoms with Crippen molar-refractivity contribution in [1.29, 1.82) is 0 Å². The van der Waals surface area contributed by atoms with E-state index in [-0.39, 0.29) is 6.04 Å². The summed E-state index contributed by atoms with van der Waals surface area (Å²) in [5.74, 6) is 0. The summed E-state index contributed by atoms with van der Waals surface area (Å²) in [5, 5.41) is 8.13. The predicted molar refractivity (Wildman–Crippen MR) is 86.9 cm³/mol. The van der Waals surface area contributed by atoms with Gasteiger partial charge in [-0.25, -0.2) is 0 Å². The Bertz CT molecular complexity index is 534. The zero-order valence-electron chi connectivity index (χ0n) is 12.3. The molecule has 4 heteroatoms. The van der Waals surface area contributed by atoms with E-state index in [1.165, 1.54) is 11.3 Å². The summed E-state index contributed by atoms with van der Waals surface area (Å²) in [6.07, 6.45) is 3.00. The molecule has 108 valence electrons. The minimum atomic E-state index is 0.162. The first-order valence-corrected chi connectivity index (χ1v) is 7.95. The zero-order chi connectivity index (χ0) is 14.5. The Balaban J connectivity index is 2.44. The van der Waals surface area contributed by atoms with Crippen LogP contribution in [-0.2, 0) is 0 Å². The average Bonchev–Trinajstić information content (AvgIpc) is 2.83. The number of benzene rings is 1. The second-order valence-electron chi connectivity index (χ2n) is 5.21. The predicted octanol–water partition coefficient (Wildman–Crippen LogP) is 4.32. The molecule has 1 aromatic heterocycles. The molecule has 2 rings (SSSR count). The van der Waals surface area contributed by atoms with Crippen LogP contribution in [0.1, 0.15) is 50.5 Å². The van der Waals surface area contributed by atoms with Gasteiger partial charge in [-0.3, -0.25) is 4.68 Å². The minimum absolute atomic E-state index is 0.162. The molecule has 1 atom stereocenters. The fourth-order valence-corrected chi connectivity index (χ4v) is 2.84. The molecule has 1 aromatic carbocycles. The first-order valence-electron chi connectivity index (χ1n) is 7.16. The largest absolute Gasteiger partial charge is 0.305 e. The molecule has 0 saturated heterocycles. The maximum Gasteiger partial charge on any atom is 0.0760 e. The van der Waals surface area contributed by atoms with Crippen molar-refractivity contribution in [3.8, 4) is 0 Å². The monoisotopic (exact) mass is 335 g/mol. The highest BCUT2D eigenvalue weighted by Gasteiger charge is 2.22. The van der Waals surface area contributed by atoms with Gasteiger partial charge in [0.25, 0.3) is 0 Å². The SMILES string of the molecule is CCCNC(c1ccccc1)c1c(Br)cnn1C(C)C. The molecule has 3 nitrogen and oxygen atoms in total. The van der Waals surface area contributed by atoms with Crippen LogP contribution in [0.3, 0.4) is 0 Å². The number of nitrogens with one attached hydrogen (secondary N) is 1. The first-order chi connectivity index (χ1) is 9.65. The number of aromatic nitrogens is 2. The summed E-state index contributed by atoms with van der Waals surface area (Å²) in [7, 11) is 0. The van der Waals surface area contributed by atoms with E-state index in [4.69, 9.17) is 0 Å². The van der Waals surface area contributed by atoms with Gasteiger partial charge in [0.1, 0.15) is 0 Å². The molecule has 0 saturated carbocycles. The fourth-order valence-electron chi connectivity index (χ4n) is 2.34. The fraction of sp³-hybridized carbons (Fsp3) is 0.438. The van der Waals surface area contributed by atoms with Gasteiger partial charge < -0.3 is 5.32 Å². The molecule has 0 aliphatic heterocycles. The lowest BCUT2D eigenvalue weighted by Crippen LogP contribution is -2.26. The highest BCUT2D eigenvalue weighted by molar-refractivity contribution is 9.10. The van der Waals surface area contributed by atoms with E-state index < -0.39 is 0 Å². The van der Waals surface area contributed by atoms with Crippen molar-refractivity contribution in [2.75, 3.05) is 6.54 Å². The number of nitrogens with zero attached hydrogens (tertiary/aromatic N) is 2. The van der Waals surface area contributed by atoms with Crippen LogP contribution in [0, 0.1) is 0 Å². The summed E-state index contributed by atoms with van der Waals surface area (Å²) in [5.41, 5.74) is 2.46. The molecule has 0 aliphatic carbocycles. The highest BCUT2D eigenvalue weighted by Crippen LogP contribution is 2.30. The average molecular weight is 336 g/mol. The number of hydrogen-bond donors (Lipinski definition) is 1. The molecule has 0 amide bonds. The molecule has 2 aromatic rings. The van der Waals surface area contributed by atoms with Crippen LogP contribution in [-0.4, -0.2) is 16.3 Å². The molecule has 1 heterocycles. The Kier molecular flexibility index (Phi) is 5.38. The summed E-state index contributed by atoms with van der Waals surface area (Å²) in [6.45, 7) is 7.48. The van der Waals surface area contributed by atoms with Crippen LogP contribution < -0.4 is 5.32 Å². The molecule has 0 bridgehead atoms. The van der Waals surface area contributed by atoms with Crippen LogP contribution in [0.25, 0.3) is 0 Å². The van der Waals surface area contributed by atoms with Crippen LogP contribution in [0.5, 0.6) is 0 Å². The van der Waals surface area contributed by atoms with E-state index in [0.29, 0.717) is 6.04 Å². The zero-order valence-corrected chi connectivity index (χ0v) is 13.9. The summed E-state index contributed by atoms with van der Waals surface area (Å²) in [6, 6.07) is 11.0. The lowest BCUT2D eigenvalue weighted by Gasteiger charge is -2.22. The maximum atomic E-state index is 4.50. The van der Waals surface area contributed by atoms with Crippen molar-refractivity contribution < 1.29 is 0 Å². The summed E-state index contributed by atoms with van der Waals surface area (Å²) in [4.78, 5) is 0. The van der Waals surface area contributed by atoms with Crippen molar-refractivity contribution in [3.05, 3.63) is 52.3 Å². The van der Waals surface area contributed by atoms with Gasteiger partial charge in [-0.2, -0.15) is 5.10 Å². The molecule has 0 fully saturated rings.